The lowest BCUT2D eigenvalue weighted by Gasteiger charge is -2.24. The number of aromatic nitrogens is 1. The number of benzene rings is 2. The lowest BCUT2D eigenvalue weighted by atomic mass is 9.88. The molecule has 0 spiro atoms. The van der Waals surface area contributed by atoms with E-state index in [0.29, 0.717) is 18.2 Å². The Morgan fingerprint density at radius 1 is 1.14 bits per heavy atom. The zero-order chi connectivity index (χ0) is 19.5. The highest BCUT2D eigenvalue weighted by Crippen LogP contribution is 2.40. The maximum absolute atomic E-state index is 9.80. The summed E-state index contributed by atoms with van der Waals surface area (Å²) < 4.78 is 2.46. The van der Waals surface area contributed by atoms with Crippen LogP contribution in [0.1, 0.15) is 67.2 Å². The summed E-state index contributed by atoms with van der Waals surface area (Å²) in [7, 11) is 0. The fourth-order valence-corrected chi connectivity index (χ4v) is 4.80. The summed E-state index contributed by atoms with van der Waals surface area (Å²) >= 11 is 0. The molecule has 3 nitrogen and oxygen atoms in total. The third-order valence-electron chi connectivity index (χ3n) is 6.18. The molecule has 144 valence electrons. The summed E-state index contributed by atoms with van der Waals surface area (Å²) in [6, 6.07) is 15.2. The number of hydrogen-bond acceptors (Lipinski definition) is 1. The van der Waals surface area contributed by atoms with Gasteiger partial charge in [0.05, 0.1) is 6.57 Å². The van der Waals surface area contributed by atoms with E-state index in [1.807, 2.05) is 12.1 Å². The molecule has 28 heavy (non-hydrogen) atoms. The standard InChI is InChI=1S/C25H28N2O/c1-18-7-6-8-19(15-18)22(13-14-28)24-17-27(21-9-4-3-5-10-21)25-12-11-20(26-2)16-23(24)25/h6-8,11-12,15-17,21-22,28H,3-5,9-10,13-14H2,1H3. The lowest BCUT2D eigenvalue weighted by Crippen LogP contribution is -2.11. The summed E-state index contributed by atoms with van der Waals surface area (Å²) in [5.41, 5.74) is 5.63. The molecule has 1 aliphatic carbocycles. The average Bonchev–Trinajstić information content (AvgIpc) is 3.11. The van der Waals surface area contributed by atoms with E-state index in [-0.39, 0.29) is 12.5 Å². The normalized spacial score (nSPS) is 16.2. The Labute approximate surface area is 167 Å². The zero-order valence-corrected chi connectivity index (χ0v) is 16.6. The molecule has 1 N–H and O–H groups in total. The maximum Gasteiger partial charge on any atom is 0.187 e. The van der Waals surface area contributed by atoms with Crippen LogP contribution in [0.3, 0.4) is 0 Å². The van der Waals surface area contributed by atoms with Crippen LogP contribution in [0.15, 0.2) is 48.7 Å². The van der Waals surface area contributed by atoms with Gasteiger partial charge in [0.25, 0.3) is 0 Å². The fraction of sp³-hybridized carbons (Fsp3) is 0.400. The van der Waals surface area contributed by atoms with Gasteiger partial charge in [-0.15, -0.1) is 0 Å². The molecule has 1 saturated carbocycles. The van der Waals surface area contributed by atoms with Gasteiger partial charge in [0, 0.05) is 30.3 Å². The number of rotatable bonds is 5. The molecule has 4 rings (SSSR count). The van der Waals surface area contributed by atoms with E-state index < -0.39 is 0 Å². The van der Waals surface area contributed by atoms with E-state index in [0.717, 1.165) is 0 Å². The van der Waals surface area contributed by atoms with Crippen molar-refractivity contribution in [3.05, 3.63) is 76.8 Å². The Morgan fingerprint density at radius 3 is 2.68 bits per heavy atom. The largest absolute Gasteiger partial charge is 0.396 e. The quantitative estimate of drug-likeness (QED) is 0.508. The van der Waals surface area contributed by atoms with Gasteiger partial charge in [-0.25, -0.2) is 4.85 Å². The third-order valence-corrected chi connectivity index (χ3v) is 6.18. The average molecular weight is 373 g/mol. The van der Waals surface area contributed by atoms with Crippen LogP contribution in [0.5, 0.6) is 0 Å². The van der Waals surface area contributed by atoms with Crippen LogP contribution in [0.2, 0.25) is 0 Å². The number of fused-ring (bicyclic) bond motifs is 1. The predicted octanol–water partition coefficient (Wildman–Crippen LogP) is 6.52. The second-order valence-electron chi connectivity index (χ2n) is 8.08. The molecule has 1 fully saturated rings. The van der Waals surface area contributed by atoms with Crippen LogP contribution in [-0.4, -0.2) is 16.3 Å². The first-order valence-corrected chi connectivity index (χ1v) is 10.4. The van der Waals surface area contributed by atoms with Gasteiger partial charge >= 0.3 is 0 Å². The molecule has 1 unspecified atom stereocenters. The van der Waals surface area contributed by atoms with Gasteiger partial charge < -0.3 is 9.67 Å². The Morgan fingerprint density at radius 2 is 1.96 bits per heavy atom. The van der Waals surface area contributed by atoms with Crippen LogP contribution >= 0.6 is 0 Å². The minimum Gasteiger partial charge on any atom is -0.396 e. The highest BCUT2D eigenvalue weighted by atomic mass is 16.3. The van der Waals surface area contributed by atoms with E-state index in [9.17, 15) is 5.11 Å². The first-order valence-electron chi connectivity index (χ1n) is 10.4. The van der Waals surface area contributed by atoms with Crippen molar-refractivity contribution in [2.45, 2.75) is 57.4 Å². The highest BCUT2D eigenvalue weighted by Gasteiger charge is 2.23. The molecule has 2 aromatic carbocycles. The lowest BCUT2D eigenvalue weighted by molar-refractivity contribution is 0.281. The number of aryl methyl sites for hydroxylation is 1. The molecular weight excluding hydrogens is 344 g/mol. The summed E-state index contributed by atoms with van der Waals surface area (Å²) in [5, 5.41) is 11.0. The minimum atomic E-state index is 0.137. The summed E-state index contributed by atoms with van der Waals surface area (Å²) in [4.78, 5) is 3.67. The molecule has 1 heterocycles. The number of nitrogens with zero attached hydrogens (tertiary/aromatic N) is 2. The molecule has 0 bridgehead atoms. The van der Waals surface area contributed by atoms with Crippen LogP contribution < -0.4 is 0 Å². The van der Waals surface area contributed by atoms with E-state index in [2.05, 4.69) is 52.9 Å². The zero-order valence-electron chi connectivity index (χ0n) is 16.6. The molecule has 0 amide bonds. The van der Waals surface area contributed by atoms with E-state index >= 15 is 0 Å². The van der Waals surface area contributed by atoms with Crippen molar-refractivity contribution in [3.8, 4) is 0 Å². The van der Waals surface area contributed by atoms with Crippen LogP contribution in [-0.2, 0) is 0 Å². The van der Waals surface area contributed by atoms with Crippen molar-refractivity contribution in [2.75, 3.05) is 6.61 Å². The van der Waals surface area contributed by atoms with Gasteiger partial charge in [0.1, 0.15) is 0 Å². The fourth-order valence-electron chi connectivity index (χ4n) is 4.80. The van der Waals surface area contributed by atoms with Gasteiger partial charge in [-0.2, -0.15) is 0 Å². The minimum absolute atomic E-state index is 0.137. The number of hydrogen-bond donors (Lipinski definition) is 1. The molecule has 0 radical (unpaired) electrons. The topological polar surface area (TPSA) is 29.5 Å². The summed E-state index contributed by atoms with van der Waals surface area (Å²) in [6.07, 6.45) is 9.37. The smallest absolute Gasteiger partial charge is 0.187 e. The van der Waals surface area contributed by atoms with Crippen LogP contribution in [0.4, 0.5) is 5.69 Å². The number of aliphatic hydroxyl groups is 1. The van der Waals surface area contributed by atoms with Crippen molar-refractivity contribution >= 4 is 16.6 Å². The van der Waals surface area contributed by atoms with Gasteiger partial charge in [-0.05, 0) is 54.8 Å². The van der Waals surface area contributed by atoms with Crippen molar-refractivity contribution in [1.82, 2.24) is 4.57 Å². The SMILES string of the molecule is [C-]#[N+]c1ccc2c(c1)c(C(CCO)c1cccc(C)c1)cn2C1CCCCC1. The van der Waals surface area contributed by atoms with Crippen molar-refractivity contribution in [2.24, 2.45) is 0 Å². The van der Waals surface area contributed by atoms with Crippen molar-refractivity contribution in [3.63, 3.8) is 0 Å². The predicted molar refractivity (Wildman–Crippen MR) is 115 cm³/mol. The Hall–Kier alpha value is -2.57. The van der Waals surface area contributed by atoms with Crippen molar-refractivity contribution in [1.29, 1.82) is 0 Å². The molecule has 1 aliphatic rings. The van der Waals surface area contributed by atoms with Crippen LogP contribution in [0.25, 0.3) is 15.7 Å². The van der Waals surface area contributed by atoms with Crippen molar-refractivity contribution < 1.29 is 5.11 Å². The summed E-state index contributed by atoms with van der Waals surface area (Å²) in [5.74, 6) is 0.137. The van der Waals surface area contributed by atoms with Gasteiger partial charge in [-0.3, -0.25) is 0 Å². The van der Waals surface area contributed by atoms with E-state index in [1.54, 1.807) is 0 Å². The van der Waals surface area contributed by atoms with E-state index in [1.165, 1.54) is 59.7 Å². The molecule has 0 saturated heterocycles. The second-order valence-corrected chi connectivity index (χ2v) is 8.08. The van der Waals surface area contributed by atoms with Gasteiger partial charge in [-0.1, -0.05) is 55.2 Å². The first kappa shape index (κ1) is 18.8. The molecule has 1 atom stereocenters. The molecule has 3 heteroatoms. The Kier molecular flexibility index (Phi) is 5.50. The first-order chi connectivity index (χ1) is 13.7. The molecule has 3 aromatic rings. The van der Waals surface area contributed by atoms with Crippen LogP contribution in [0, 0.1) is 13.5 Å². The summed E-state index contributed by atoms with van der Waals surface area (Å²) in [6.45, 7) is 9.71. The third kappa shape index (κ3) is 3.57. The van der Waals surface area contributed by atoms with E-state index in [4.69, 9.17) is 6.57 Å². The maximum atomic E-state index is 9.80. The second kappa shape index (κ2) is 8.20. The molecule has 0 aliphatic heterocycles. The monoisotopic (exact) mass is 372 g/mol. The van der Waals surface area contributed by atoms with Gasteiger partial charge in [0.2, 0.25) is 0 Å². The highest BCUT2D eigenvalue weighted by molar-refractivity contribution is 5.88. The Bertz CT molecular complexity index is 1010. The Balaban J connectivity index is 1.89. The molecule has 1 aromatic heterocycles. The molecular formula is C25H28N2O. The number of aliphatic hydroxyl groups excluding tert-OH is 1. The van der Waals surface area contributed by atoms with Gasteiger partial charge in [0.15, 0.2) is 5.69 Å².